The Labute approximate surface area is 158 Å². The first-order valence-corrected chi connectivity index (χ1v) is 8.63. The molecule has 0 aliphatic rings. The standard InChI is InChI=1S/C22H22O5/c1-5-27-20(23)11-6-14-12-15-13-16(24-2)7-8-18(15)21-17(14)9-10-19(25-3)22(21)26-4/h6-13H,5H2,1-4H3/b11-6+. The van der Waals surface area contributed by atoms with Crippen molar-refractivity contribution in [1.29, 1.82) is 0 Å². The number of hydrogen-bond acceptors (Lipinski definition) is 5. The lowest BCUT2D eigenvalue weighted by atomic mass is 9.95. The van der Waals surface area contributed by atoms with Gasteiger partial charge in [-0.3, -0.25) is 0 Å². The van der Waals surface area contributed by atoms with Crippen LogP contribution in [-0.2, 0) is 9.53 Å². The summed E-state index contributed by atoms with van der Waals surface area (Å²) in [6, 6.07) is 11.7. The van der Waals surface area contributed by atoms with Gasteiger partial charge in [0.25, 0.3) is 0 Å². The van der Waals surface area contributed by atoms with Crippen LogP contribution in [0.3, 0.4) is 0 Å². The van der Waals surface area contributed by atoms with Gasteiger partial charge < -0.3 is 18.9 Å². The number of carbonyl (C=O) groups is 1. The van der Waals surface area contributed by atoms with Gasteiger partial charge in [-0.1, -0.05) is 0 Å². The van der Waals surface area contributed by atoms with E-state index in [4.69, 9.17) is 18.9 Å². The minimum Gasteiger partial charge on any atom is -0.497 e. The lowest BCUT2D eigenvalue weighted by molar-refractivity contribution is -0.137. The molecule has 0 heterocycles. The van der Waals surface area contributed by atoms with Gasteiger partial charge in [-0.25, -0.2) is 4.79 Å². The Morgan fingerprint density at radius 3 is 2.41 bits per heavy atom. The predicted octanol–water partition coefficient (Wildman–Crippen LogP) is 4.60. The monoisotopic (exact) mass is 366 g/mol. The second-order valence-electron chi connectivity index (χ2n) is 5.86. The molecule has 0 atom stereocenters. The molecule has 0 radical (unpaired) electrons. The van der Waals surface area contributed by atoms with E-state index in [9.17, 15) is 4.79 Å². The van der Waals surface area contributed by atoms with Crippen molar-refractivity contribution in [2.24, 2.45) is 0 Å². The maximum absolute atomic E-state index is 11.8. The molecule has 3 aromatic carbocycles. The zero-order valence-corrected chi connectivity index (χ0v) is 15.9. The van der Waals surface area contributed by atoms with E-state index in [1.807, 2.05) is 36.4 Å². The Balaban J connectivity index is 2.34. The largest absolute Gasteiger partial charge is 0.497 e. The topological polar surface area (TPSA) is 54.0 Å². The normalized spacial score (nSPS) is 11.1. The van der Waals surface area contributed by atoms with E-state index < -0.39 is 0 Å². The van der Waals surface area contributed by atoms with Gasteiger partial charge in [-0.15, -0.1) is 0 Å². The predicted molar refractivity (Wildman–Crippen MR) is 107 cm³/mol. The fourth-order valence-electron chi connectivity index (χ4n) is 3.18. The highest BCUT2D eigenvalue weighted by atomic mass is 16.5. The summed E-state index contributed by atoms with van der Waals surface area (Å²) in [5.74, 6) is 1.67. The van der Waals surface area contributed by atoms with Gasteiger partial charge in [-0.05, 0) is 71.1 Å². The molecule has 3 aromatic rings. The molecule has 0 saturated heterocycles. The zero-order valence-electron chi connectivity index (χ0n) is 15.9. The minimum atomic E-state index is -0.378. The SMILES string of the molecule is CCOC(=O)/C=C/c1cc2cc(OC)ccc2c2c(OC)c(OC)ccc12. The lowest BCUT2D eigenvalue weighted by Gasteiger charge is -2.15. The van der Waals surface area contributed by atoms with Crippen LogP contribution in [0, 0.1) is 0 Å². The van der Waals surface area contributed by atoms with Crippen molar-refractivity contribution in [2.75, 3.05) is 27.9 Å². The van der Waals surface area contributed by atoms with Crippen molar-refractivity contribution < 1.29 is 23.7 Å². The lowest BCUT2D eigenvalue weighted by Crippen LogP contribution is -1.99. The fourth-order valence-corrected chi connectivity index (χ4v) is 3.18. The van der Waals surface area contributed by atoms with E-state index in [0.717, 1.165) is 32.9 Å². The second kappa shape index (κ2) is 7.99. The van der Waals surface area contributed by atoms with Crippen molar-refractivity contribution in [3.8, 4) is 17.2 Å². The Morgan fingerprint density at radius 2 is 1.74 bits per heavy atom. The van der Waals surface area contributed by atoms with E-state index in [2.05, 4.69) is 0 Å². The Hall–Kier alpha value is -3.21. The van der Waals surface area contributed by atoms with Crippen LogP contribution in [0.4, 0.5) is 0 Å². The zero-order chi connectivity index (χ0) is 19.4. The number of benzene rings is 3. The molecule has 5 heteroatoms. The summed E-state index contributed by atoms with van der Waals surface area (Å²) >= 11 is 0. The van der Waals surface area contributed by atoms with Gasteiger partial charge in [0, 0.05) is 11.5 Å². The molecular weight excluding hydrogens is 344 g/mol. The summed E-state index contributed by atoms with van der Waals surface area (Å²) in [6.45, 7) is 2.12. The number of rotatable bonds is 6. The summed E-state index contributed by atoms with van der Waals surface area (Å²) in [5, 5.41) is 3.85. The van der Waals surface area contributed by atoms with Crippen LogP contribution in [-0.4, -0.2) is 33.9 Å². The third-order valence-electron chi connectivity index (χ3n) is 4.38. The van der Waals surface area contributed by atoms with Crippen molar-refractivity contribution in [3.63, 3.8) is 0 Å². The van der Waals surface area contributed by atoms with Gasteiger partial charge in [0.05, 0.1) is 27.9 Å². The fraction of sp³-hybridized carbons (Fsp3) is 0.227. The van der Waals surface area contributed by atoms with Gasteiger partial charge >= 0.3 is 5.97 Å². The van der Waals surface area contributed by atoms with Gasteiger partial charge in [0.1, 0.15) is 5.75 Å². The number of carbonyl (C=O) groups excluding carboxylic acids is 1. The molecule has 0 aromatic heterocycles. The first-order chi connectivity index (χ1) is 13.1. The number of esters is 1. The molecule has 0 saturated carbocycles. The summed E-state index contributed by atoms with van der Waals surface area (Å²) in [7, 11) is 4.86. The molecule has 5 nitrogen and oxygen atoms in total. The molecular formula is C22H22O5. The molecule has 0 unspecified atom stereocenters. The molecule has 140 valence electrons. The second-order valence-corrected chi connectivity index (χ2v) is 5.86. The molecule has 0 bridgehead atoms. The Bertz CT molecular complexity index is 1020. The van der Waals surface area contributed by atoms with Crippen molar-refractivity contribution >= 4 is 33.6 Å². The number of methoxy groups -OCH3 is 3. The van der Waals surface area contributed by atoms with Crippen LogP contribution in [0.15, 0.2) is 42.5 Å². The summed E-state index contributed by atoms with van der Waals surface area (Å²) in [4.78, 5) is 11.8. The number of ether oxygens (including phenoxy) is 4. The third kappa shape index (κ3) is 3.53. The van der Waals surface area contributed by atoms with Crippen LogP contribution in [0.2, 0.25) is 0 Å². The van der Waals surface area contributed by atoms with E-state index >= 15 is 0 Å². The first-order valence-electron chi connectivity index (χ1n) is 8.63. The Morgan fingerprint density at radius 1 is 0.963 bits per heavy atom. The molecule has 0 N–H and O–H groups in total. The quantitative estimate of drug-likeness (QED) is 0.363. The van der Waals surface area contributed by atoms with Crippen LogP contribution in [0.5, 0.6) is 17.2 Å². The van der Waals surface area contributed by atoms with E-state index in [0.29, 0.717) is 18.1 Å². The van der Waals surface area contributed by atoms with Crippen molar-refractivity contribution in [3.05, 3.63) is 48.0 Å². The summed E-state index contributed by atoms with van der Waals surface area (Å²) in [5.41, 5.74) is 0.875. The Kier molecular flexibility index (Phi) is 5.50. The minimum absolute atomic E-state index is 0.337. The van der Waals surface area contributed by atoms with Crippen LogP contribution in [0.1, 0.15) is 12.5 Å². The van der Waals surface area contributed by atoms with Crippen LogP contribution in [0.25, 0.3) is 27.6 Å². The maximum Gasteiger partial charge on any atom is 0.330 e. The van der Waals surface area contributed by atoms with Gasteiger partial charge in [-0.2, -0.15) is 0 Å². The van der Waals surface area contributed by atoms with Crippen LogP contribution >= 0.6 is 0 Å². The molecule has 27 heavy (non-hydrogen) atoms. The number of hydrogen-bond donors (Lipinski definition) is 0. The third-order valence-corrected chi connectivity index (χ3v) is 4.38. The number of fused-ring (bicyclic) bond motifs is 3. The molecule has 0 aliphatic carbocycles. The molecule has 0 aliphatic heterocycles. The van der Waals surface area contributed by atoms with Crippen LogP contribution < -0.4 is 14.2 Å². The summed E-state index contributed by atoms with van der Waals surface area (Å²) in [6.07, 6.45) is 3.19. The first kappa shape index (κ1) is 18.6. The maximum atomic E-state index is 11.8. The highest BCUT2D eigenvalue weighted by molar-refractivity contribution is 6.15. The molecule has 0 fully saturated rings. The van der Waals surface area contributed by atoms with Crippen molar-refractivity contribution in [1.82, 2.24) is 0 Å². The van der Waals surface area contributed by atoms with Crippen molar-refractivity contribution in [2.45, 2.75) is 6.92 Å². The smallest absolute Gasteiger partial charge is 0.330 e. The highest BCUT2D eigenvalue weighted by Gasteiger charge is 2.15. The average molecular weight is 366 g/mol. The molecule has 0 spiro atoms. The molecule has 3 rings (SSSR count). The van der Waals surface area contributed by atoms with E-state index in [1.54, 1.807) is 34.3 Å². The van der Waals surface area contributed by atoms with E-state index in [1.165, 1.54) is 6.08 Å². The van der Waals surface area contributed by atoms with Gasteiger partial charge in [0.15, 0.2) is 11.5 Å². The average Bonchev–Trinajstić information content (AvgIpc) is 2.70. The van der Waals surface area contributed by atoms with E-state index in [-0.39, 0.29) is 5.97 Å². The highest BCUT2D eigenvalue weighted by Crippen LogP contribution is 2.42. The summed E-state index contributed by atoms with van der Waals surface area (Å²) < 4.78 is 21.5. The van der Waals surface area contributed by atoms with Gasteiger partial charge in [0.2, 0.25) is 0 Å². The molecule has 0 amide bonds.